The molecule has 20 heavy (non-hydrogen) atoms. The number of carbonyl (C=O) groups is 1. The summed E-state index contributed by atoms with van der Waals surface area (Å²) in [6, 6.07) is 5.77. The fourth-order valence-electron chi connectivity index (χ4n) is 2.71. The van der Waals surface area contributed by atoms with Crippen LogP contribution in [0.5, 0.6) is 0 Å². The third kappa shape index (κ3) is 2.86. The highest BCUT2D eigenvalue weighted by molar-refractivity contribution is 5.96. The van der Waals surface area contributed by atoms with E-state index in [4.69, 9.17) is 5.73 Å². The molecule has 0 aliphatic carbocycles. The average Bonchev–Trinajstić information content (AvgIpc) is 2.76. The van der Waals surface area contributed by atoms with Gasteiger partial charge in [-0.25, -0.2) is 0 Å². The molecule has 0 aromatic heterocycles. The smallest absolute Gasteiger partial charge is 0.254 e. The second-order valence-corrected chi connectivity index (χ2v) is 5.91. The maximum absolute atomic E-state index is 12.8. The predicted molar refractivity (Wildman–Crippen MR) is 81.5 cm³/mol. The molecule has 0 bridgehead atoms. The molecule has 1 heterocycles. The number of rotatable bonds is 1. The van der Waals surface area contributed by atoms with Crippen molar-refractivity contribution in [2.45, 2.75) is 39.2 Å². The first-order chi connectivity index (χ1) is 9.45. The Labute approximate surface area is 121 Å². The minimum Gasteiger partial charge on any atom is -0.334 e. The molecular weight excluding hydrogens is 248 g/mol. The molecule has 1 aromatic carbocycles. The van der Waals surface area contributed by atoms with E-state index in [0.29, 0.717) is 6.54 Å². The first-order valence-corrected chi connectivity index (χ1v) is 7.07. The van der Waals surface area contributed by atoms with E-state index in [9.17, 15) is 4.79 Å². The van der Waals surface area contributed by atoms with Crippen LogP contribution >= 0.6 is 0 Å². The van der Waals surface area contributed by atoms with Crippen molar-refractivity contribution in [1.82, 2.24) is 4.90 Å². The Balaban J connectivity index is 2.34. The van der Waals surface area contributed by atoms with Gasteiger partial charge in [-0.1, -0.05) is 17.9 Å². The van der Waals surface area contributed by atoms with E-state index in [1.807, 2.05) is 30.0 Å². The van der Waals surface area contributed by atoms with Gasteiger partial charge in [-0.2, -0.15) is 0 Å². The second kappa shape index (κ2) is 5.68. The van der Waals surface area contributed by atoms with Crippen LogP contribution in [-0.2, 0) is 0 Å². The van der Waals surface area contributed by atoms with Gasteiger partial charge in [0.15, 0.2) is 0 Å². The summed E-state index contributed by atoms with van der Waals surface area (Å²) >= 11 is 0. The van der Waals surface area contributed by atoms with Crippen LogP contribution in [0.3, 0.4) is 0 Å². The highest BCUT2D eigenvalue weighted by Crippen LogP contribution is 2.30. The molecule has 1 aromatic rings. The van der Waals surface area contributed by atoms with Crippen molar-refractivity contribution in [3.05, 3.63) is 34.9 Å². The molecule has 1 fully saturated rings. The van der Waals surface area contributed by atoms with E-state index in [2.05, 4.69) is 25.7 Å². The van der Waals surface area contributed by atoms with Crippen LogP contribution < -0.4 is 5.73 Å². The fraction of sp³-hybridized carbons (Fsp3) is 0.471. The molecule has 0 radical (unpaired) electrons. The van der Waals surface area contributed by atoms with Gasteiger partial charge in [0, 0.05) is 23.2 Å². The van der Waals surface area contributed by atoms with E-state index in [1.54, 1.807) is 0 Å². The third-order valence-electron chi connectivity index (χ3n) is 3.95. The molecular formula is C17H22N2O. The topological polar surface area (TPSA) is 46.3 Å². The van der Waals surface area contributed by atoms with E-state index in [1.165, 1.54) is 0 Å². The van der Waals surface area contributed by atoms with Crippen molar-refractivity contribution in [2.75, 3.05) is 13.1 Å². The van der Waals surface area contributed by atoms with Gasteiger partial charge in [0.25, 0.3) is 5.91 Å². The minimum absolute atomic E-state index is 0.0531. The Kier molecular flexibility index (Phi) is 4.15. The molecule has 0 unspecified atom stereocenters. The lowest BCUT2D eigenvalue weighted by molar-refractivity contribution is 0.0651. The largest absolute Gasteiger partial charge is 0.334 e. The predicted octanol–water partition coefficient (Wildman–Crippen LogP) is 2.32. The van der Waals surface area contributed by atoms with Gasteiger partial charge < -0.3 is 10.6 Å². The SMILES string of the molecule is Cc1ccc(C#CCN)cc1C(=O)N1CCCC1(C)C. The molecule has 0 saturated carbocycles. The summed E-state index contributed by atoms with van der Waals surface area (Å²) in [6.07, 6.45) is 2.13. The molecule has 106 valence electrons. The van der Waals surface area contributed by atoms with Crippen molar-refractivity contribution >= 4 is 5.91 Å². The van der Waals surface area contributed by atoms with Crippen LogP contribution in [0, 0.1) is 18.8 Å². The minimum atomic E-state index is -0.0531. The lowest BCUT2D eigenvalue weighted by atomic mass is 9.99. The van der Waals surface area contributed by atoms with Crippen molar-refractivity contribution in [2.24, 2.45) is 5.73 Å². The number of amides is 1. The van der Waals surface area contributed by atoms with Gasteiger partial charge in [0.05, 0.1) is 6.54 Å². The molecule has 0 spiro atoms. The lowest BCUT2D eigenvalue weighted by Crippen LogP contribution is -2.42. The molecule has 2 N–H and O–H groups in total. The number of hydrogen-bond acceptors (Lipinski definition) is 2. The maximum Gasteiger partial charge on any atom is 0.254 e. The van der Waals surface area contributed by atoms with E-state index in [-0.39, 0.29) is 11.4 Å². The molecule has 3 nitrogen and oxygen atoms in total. The van der Waals surface area contributed by atoms with Crippen LogP contribution in [0.2, 0.25) is 0 Å². The van der Waals surface area contributed by atoms with Crippen LogP contribution in [0.1, 0.15) is 48.2 Å². The van der Waals surface area contributed by atoms with Gasteiger partial charge in [0.1, 0.15) is 0 Å². The monoisotopic (exact) mass is 270 g/mol. The summed E-state index contributed by atoms with van der Waals surface area (Å²) in [5.41, 5.74) is 7.94. The summed E-state index contributed by atoms with van der Waals surface area (Å²) in [7, 11) is 0. The average molecular weight is 270 g/mol. The van der Waals surface area contributed by atoms with E-state index >= 15 is 0 Å². The normalized spacial score (nSPS) is 16.7. The second-order valence-electron chi connectivity index (χ2n) is 5.91. The van der Waals surface area contributed by atoms with Crippen LogP contribution in [0.4, 0.5) is 0 Å². The van der Waals surface area contributed by atoms with Crippen molar-refractivity contribution in [3.8, 4) is 11.8 Å². The van der Waals surface area contributed by atoms with Crippen LogP contribution in [-0.4, -0.2) is 29.4 Å². The summed E-state index contributed by atoms with van der Waals surface area (Å²) < 4.78 is 0. The van der Waals surface area contributed by atoms with Crippen molar-refractivity contribution in [1.29, 1.82) is 0 Å². The Bertz CT molecular complexity index is 578. The highest BCUT2D eigenvalue weighted by atomic mass is 16.2. The number of benzene rings is 1. The summed E-state index contributed by atoms with van der Waals surface area (Å²) in [5.74, 6) is 5.93. The summed E-state index contributed by atoms with van der Waals surface area (Å²) in [5, 5.41) is 0. The molecule has 3 heteroatoms. The standard InChI is InChI=1S/C17H22N2O/c1-13-7-8-14(6-4-10-18)12-15(13)16(20)19-11-5-9-17(19,2)3/h7-8,12H,5,9-11,18H2,1-3H3. The fourth-order valence-corrected chi connectivity index (χ4v) is 2.71. The lowest BCUT2D eigenvalue weighted by Gasteiger charge is -2.32. The summed E-state index contributed by atoms with van der Waals surface area (Å²) in [4.78, 5) is 14.7. The molecule has 2 rings (SSSR count). The number of nitrogens with two attached hydrogens (primary N) is 1. The van der Waals surface area contributed by atoms with E-state index in [0.717, 1.165) is 36.1 Å². The maximum atomic E-state index is 12.8. The van der Waals surface area contributed by atoms with Crippen molar-refractivity contribution < 1.29 is 4.79 Å². The summed E-state index contributed by atoms with van der Waals surface area (Å²) in [6.45, 7) is 7.40. The molecule has 1 amide bonds. The van der Waals surface area contributed by atoms with Gasteiger partial charge in [-0.05, 0) is 51.3 Å². The number of hydrogen-bond donors (Lipinski definition) is 1. The third-order valence-corrected chi connectivity index (χ3v) is 3.95. The zero-order valence-electron chi connectivity index (χ0n) is 12.5. The van der Waals surface area contributed by atoms with Crippen LogP contribution in [0.15, 0.2) is 18.2 Å². The molecule has 1 saturated heterocycles. The Hall–Kier alpha value is -1.79. The van der Waals surface area contributed by atoms with Gasteiger partial charge >= 0.3 is 0 Å². The molecule has 1 aliphatic heterocycles. The highest BCUT2D eigenvalue weighted by Gasteiger charge is 2.36. The Morgan fingerprint density at radius 1 is 1.45 bits per heavy atom. The van der Waals surface area contributed by atoms with Gasteiger partial charge in [-0.3, -0.25) is 4.79 Å². The number of carbonyl (C=O) groups excluding carboxylic acids is 1. The van der Waals surface area contributed by atoms with Gasteiger partial charge in [-0.15, -0.1) is 0 Å². The van der Waals surface area contributed by atoms with Crippen molar-refractivity contribution in [3.63, 3.8) is 0 Å². The molecule has 0 atom stereocenters. The first-order valence-electron chi connectivity index (χ1n) is 7.07. The first kappa shape index (κ1) is 14.6. The Morgan fingerprint density at radius 3 is 2.80 bits per heavy atom. The molecule has 1 aliphatic rings. The quantitative estimate of drug-likeness (QED) is 0.796. The van der Waals surface area contributed by atoms with Gasteiger partial charge in [0.2, 0.25) is 0 Å². The Morgan fingerprint density at radius 2 is 2.20 bits per heavy atom. The number of nitrogens with zero attached hydrogens (tertiary/aromatic N) is 1. The zero-order chi connectivity index (χ0) is 14.8. The number of aryl methyl sites for hydroxylation is 1. The zero-order valence-corrected chi connectivity index (χ0v) is 12.5. The van der Waals surface area contributed by atoms with E-state index < -0.39 is 0 Å². The number of likely N-dealkylation sites (tertiary alicyclic amines) is 1. The van der Waals surface area contributed by atoms with Crippen LogP contribution in [0.25, 0.3) is 0 Å².